The summed E-state index contributed by atoms with van der Waals surface area (Å²) in [6.07, 6.45) is 0.944. The van der Waals surface area contributed by atoms with Crippen molar-refractivity contribution in [1.29, 1.82) is 0 Å². The molecule has 0 aliphatic carbocycles. The highest BCUT2D eigenvalue weighted by Crippen LogP contribution is 1.75. The van der Waals surface area contributed by atoms with E-state index < -0.39 is 5.97 Å². The maximum Gasteiger partial charge on any atom is 0.330 e. The highest BCUT2D eigenvalue weighted by Gasteiger charge is 1.84. The summed E-state index contributed by atoms with van der Waals surface area (Å²) < 4.78 is 0. The second-order valence-electron chi connectivity index (χ2n) is 1.23. The maximum absolute atomic E-state index is 9.65. The van der Waals surface area contributed by atoms with Gasteiger partial charge in [-0.2, -0.15) is 0 Å². The molecule has 0 saturated heterocycles. The van der Waals surface area contributed by atoms with E-state index in [2.05, 4.69) is 0 Å². The fraction of sp³-hybridized carbons (Fsp3) is 0.250. The van der Waals surface area contributed by atoms with Crippen LogP contribution in [0, 0.1) is 0 Å². The standard InChI is InChI=1S/C4H7NO2/c1-3(5)2-4(6)7/h2H,5H2,1H3,(H,6,7). The molecule has 40 valence electrons. The predicted molar refractivity (Wildman–Crippen MR) is 25.6 cm³/mol. The van der Waals surface area contributed by atoms with Gasteiger partial charge in [0.05, 0.1) is 0 Å². The van der Waals surface area contributed by atoms with Crippen molar-refractivity contribution in [3.63, 3.8) is 0 Å². The maximum atomic E-state index is 9.65. The van der Waals surface area contributed by atoms with Crippen LogP contribution in [0.1, 0.15) is 6.92 Å². The van der Waals surface area contributed by atoms with Crippen LogP contribution in [0.3, 0.4) is 0 Å². The number of allylic oxidation sites excluding steroid dienone is 1. The van der Waals surface area contributed by atoms with Crippen LogP contribution in [-0.4, -0.2) is 11.1 Å². The molecule has 3 N–H and O–H groups in total. The molecule has 0 amide bonds. The Bertz CT molecular complexity index is 102. The van der Waals surface area contributed by atoms with Gasteiger partial charge in [-0.05, 0) is 6.92 Å². The largest absolute Gasteiger partial charge is 0.478 e. The van der Waals surface area contributed by atoms with E-state index in [9.17, 15) is 4.79 Å². The predicted octanol–water partition coefficient (Wildman–Crippen LogP) is -0.0665. The van der Waals surface area contributed by atoms with Crippen molar-refractivity contribution in [2.24, 2.45) is 5.73 Å². The summed E-state index contributed by atoms with van der Waals surface area (Å²) >= 11 is 0. The first-order valence-corrected chi connectivity index (χ1v) is 1.79. The zero-order chi connectivity index (χ0) is 5.86. The summed E-state index contributed by atoms with van der Waals surface area (Å²) in [5, 5.41) is 7.93. The van der Waals surface area contributed by atoms with Gasteiger partial charge in [-0.3, -0.25) is 0 Å². The Hall–Kier alpha value is -0.990. The lowest BCUT2D eigenvalue weighted by molar-refractivity contribution is -0.131. The van der Waals surface area contributed by atoms with Crippen molar-refractivity contribution in [1.82, 2.24) is 0 Å². The normalized spacial score (nSPS) is 11.3. The molecule has 7 heavy (non-hydrogen) atoms. The number of hydrogen-bond acceptors (Lipinski definition) is 2. The number of carboxylic acids is 1. The number of hydrogen-bond donors (Lipinski definition) is 2. The van der Waals surface area contributed by atoms with E-state index in [0.717, 1.165) is 6.08 Å². The summed E-state index contributed by atoms with van der Waals surface area (Å²) in [6.45, 7) is 1.52. The fourth-order valence-electron chi connectivity index (χ4n) is 0.195. The van der Waals surface area contributed by atoms with Crippen LogP contribution < -0.4 is 5.73 Å². The fourth-order valence-corrected chi connectivity index (χ4v) is 0.195. The van der Waals surface area contributed by atoms with E-state index in [4.69, 9.17) is 10.8 Å². The Morgan fingerprint density at radius 3 is 2.29 bits per heavy atom. The molecule has 3 nitrogen and oxygen atoms in total. The Morgan fingerprint density at radius 1 is 1.86 bits per heavy atom. The van der Waals surface area contributed by atoms with Gasteiger partial charge in [0, 0.05) is 11.8 Å². The average Bonchev–Trinajstić information content (AvgIpc) is 1.27. The Kier molecular flexibility index (Phi) is 1.91. The number of aliphatic carboxylic acids is 1. The van der Waals surface area contributed by atoms with E-state index in [-0.39, 0.29) is 0 Å². The van der Waals surface area contributed by atoms with Gasteiger partial charge in [0.15, 0.2) is 0 Å². The van der Waals surface area contributed by atoms with Crippen LogP contribution in [0.4, 0.5) is 0 Å². The van der Waals surface area contributed by atoms with Crippen molar-refractivity contribution in [3.05, 3.63) is 11.8 Å². The van der Waals surface area contributed by atoms with Crippen LogP contribution in [0.15, 0.2) is 11.8 Å². The minimum atomic E-state index is -1.000. The first kappa shape index (κ1) is 6.01. The van der Waals surface area contributed by atoms with Gasteiger partial charge in [-0.1, -0.05) is 0 Å². The number of carbonyl (C=O) groups is 1. The average molecular weight is 101 g/mol. The third-order valence-corrected chi connectivity index (χ3v) is 0.351. The van der Waals surface area contributed by atoms with Gasteiger partial charge in [-0.25, -0.2) is 4.79 Å². The molecule has 0 radical (unpaired) electrons. The van der Waals surface area contributed by atoms with E-state index >= 15 is 0 Å². The molecule has 3 heteroatoms. The summed E-state index contributed by atoms with van der Waals surface area (Å²) in [5.41, 5.74) is 5.29. The van der Waals surface area contributed by atoms with Crippen LogP contribution in [0.2, 0.25) is 0 Å². The quantitative estimate of drug-likeness (QED) is 0.454. The topological polar surface area (TPSA) is 63.3 Å². The molecule has 0 aromatic heterocycles. The Labute approximate surface area is 41.4 Å². The summed E-state index contributed by atoms with van der Waals surface area (Å²) in [4.78, 5) is 9.65. The molecule has 0 fully saturated rings. The van der Waals surface area contributed by atoms with E-state index in [1.807, 2.05) is 0 Å². The van der Waals surface area contributed by atoms with Gasteiger partial charge >= 0.3 is 5.97 Å². The number of carboxylic acid groups (broad SMARTS) is 1. The Morgan fingerprint density at radius 2 is 2.29 bits per heavy atom. The molecular weight excluding hydrogens is 94.0 g/mol. The number of rotatable bonds is 1. The lowest BCUT2D eigenvalue weighted by Crippen LogP contribution is -1.96. The third-order valence-electron chi connectivity index (χ3n) is 0.351. The van der Waals surface area contributed by atoms with Crippen LogP contribution in [0.5, 0.6) is 0 Å². The van der Waals surface area contributed by atoms with Gasteiger partial charge in [0.1, 0.15) is 0 Å². The van der Waals surface area contributed by atoms with Gasteiger partial charge in [0.2, 0.25) is 0 Å². The molecule has 0 atom stereocenters. The molecule has 0 rings (SSSR count). The van der Waals surface area contributed by atoms with Crippen molar-refractivity contribution in [2.75, 3.05) is 0 Å². The van der Waals surface area contributed by atoms with Crippen molar-refractivity contribution >= 4 is 5.97 Å². The molecule has 0 unspecified atom stereocenters. The lowest BCUT2D eigenvalue weighted by atomic mass is 10.5. The summed E-state index contributed by atoms with van der Waals surface area (Å²) in [5.74, 6) is -1.000. The minimum Gasteiger partial charge on any atom is -0.478 e. The lowest BCUT2D eigenvalue weighted by Gasteiger charge is -1.81. The third kappa shape index (κ3) is 5.01. The first-order chi connectivity index (χ1) is 3.13. The van der Waals surface area contributed by atoms with Crippen LogP contribution in [0.25, 0.3) is 0 Å². The first-order valence-electron chi connectivity index (χ1n) is 1.79. The monoisotopic (exact) mass is 101 g/mol. The zero-order valence-corrected chi connectivity index (χ0v) is 4.01. The van der Waals surface area contributed by atoms with Gasteiger partial charge in [0.25, 0.3) is 0 Å². The molecule has 0 aliphatic rings. The second kappa shape index (κ2) is 2.23. The van der Waals surface area contributed by atoms with E-state index in [1.54, 1.807) is 0 Å². The minimum absolute atomic E-state index is 0.313. The van der Waals surface area contributed by atoms with Crippen LogP contribution >= 0.6 is 0 Å². The molecular formula is C4H7NO2. The smallest absolute Gasteiger partial charge is 0.330 e. The van der Waals surface area contributed by atoms with Gasteiger partial charge < -0.3 is 10.8 Å². The van der Waals surface area contributed by atoms with E-state index in [0.29, 0.717) is 5.70 Å². The van der Waals surface area contributed by atoms with Crippen molar-refractivity contribution < 1.29 is 9.90 Å². The zero-order valence-electron chi connectivity index (χ0n) is 4.01. The molecule has 0 aromatic carbocycles. The molecule has 0 aliphatic heterocycles. The molecule has 0 bridgehead atoms. The second-order valence-corrected chi connectivity index (χ2v) is 1.23. The van der Waals surface area contributed by atoms with Crippen LogP contribution in [-0.2, 0) is 4.79 Å². The summed E-state index contributed by atoms with van der Waals surface area (Å²) in [6, 6.07) is 0. The number of nitrogens with two attached hydrogens (primary N) is 1. The van der Waals surface area contributed by atoms with Gasteiger partial charge in [-0.15, -0.1) is 0 Å². The molecule has 0 heterocycles. The Balaban J connectivity index is 3.68. The van der Waals surface area contributed by atoms with Crippen molar-refractivity contribution in [3.8, 4) is 0 Å². The van der Waals surface area contributed by atoms with Crippen molar-refractivity contribution in [2.45, 2.75) is 6.92 Å². The highest BCUT2D eigenvalue weighted by atomic mass is 16.4. The molecule has 0 spiro atoms. The van der Waals surface area contributed by atoms with E-state index in [1.165, 1.54) is 6.92 Å². The molecule has 0 saturated carbocycles. The molecule has 0 aromatic rings. The summed E-state index contributed by atoms with van der Waals surface area (Å²) in [7, 11) is 0. The SMILES string of the molecule is CC(N)=CC(=O)O. The highest BCUT2D eigenvalue weighted by molar-refractivity contribution is 5.80.